The summed E-state index contributed by atoms with van der Waals surface area (Å²) >= 11 is 19.0. The van der Waals surface area contributed by atoms with Crippen molar-refractivity contribution in [1.82, 2.24) is 5.32 Å². The molecule has 2 unspecified atom stereocenters. The SMILES string of the molecule is CCOc1cc(CNC23CC4CC(C)(CC(C)(C4)C2)C3)cc(Cl)c1OCc1ccc(Cl)cc1Cl. The lowest BCUT2D eigenvalue weighted by Gasteiger charge is -2.65. The highest BCUT2D eigenvalue weighted by molar-refractivity contribution is 6.35. The lowest BCUT2D eigenvalue weighted by Crippen LogP contribution is -2.63. The summed E-state index contributed by atoms with van der Waals surface area (Å²) in [5.74, 6) is 2.08. The van der Waals surface area contributed by atoms with Gasteiger partial charge < -0.3 is 14.8 Å². The predicted octanol–water partition coefficient (Wildman–Crippen LogP) is 8.46. The Morgan fingerprint density at radius 2 is 1.65 bits per heavy atom. The minimum absolute atomic E-state index is 0.238. The number of nitrogens with one attached hydrogen (secondary N) is 1. The first-order chi connectivity index (χ1) is 16.1. The molecule has 4 fully saturated rings. The van der Waals surface area contributed by atoms with E-state index in [9.17, 15) is 0 Å². The Kier molecular flexibility index (Phi) is 6.55. The summed E-state index contributed by atoms with van der Waals surface area (Å²) in [6.07, 6.45) is 8.03. The molecule has 4 aliphatic carbocycles. The lowest BCUT2D eigenvalue weighted by molar-refractivity contribution is -0.118. The highest BCUT2D eigenvalue weighted by Crippen LogP contribution is 2.66. The zero-order chi connectivity index (χ0) is 24.1. The second-order valence-corrected chi connectivity index (χ2v) is 12.9. The van der Waals surface area contributed by atoms with Crippen LogP contribution in [0.2, 0.25) is 15.1 Å². The van der Waals surface area contributed by atoms with Crippen molar-refractivity contribution < 1.29 is 9.47 Å². The van der Waals surface area contributed by atoms with Gasteiger partial charge in [-0.3, -0.25) is 0 Å². The average Bonchev–Trinajstić information content (AvgIpc) is 2.70. The van der Waals surface area contributed by atoms with Gasteiger partial charge in [-0.15, -0.1) is 0 Å². The lowest BCUT2D eigenvalue weighted by atomic mass is 9.43. The Morgan fingerprint density at radius 3 is 2.29 bits per heavy atom. The van der Waals surface area contributed by atoms with Crippen molar-refractivity contribution in [3.8, 4) is 11.5 Å². The third-order valence-electron chi connectivity index (χ3n) is 8.05. The molecule has 0 aliphatic heterocycles. The minimum Gasteiger partial charge on any atom is -0.490 e. The first-order valence-electron chi connectivity index (χ1n) is 12.4. The van der Waals surface area contributed by atoms with Crippen molar-refractivity contribution in [2.24, 2.45) is 16.7 Å². The highest BCUT2D eigenvalue weighted by atomic mass is 35.5. The van der Waals surface area contributed by atoms with Crippen LogP contribution in [0, 0.1) is 16.7 Å². The molecule has 0 heterocycles. The smallest absolute Gasteiger partial charge is 0.180 e. The van der Waals surface area contributed by atoms with E-state index in [1.165, 1.54) is 38.5 Å². The molecule has 0 amide bonds. The molecule has 1 N–H and O–H groups in total. The molecule has 184 valence electrons. The monoisotopic (exact) mass is 521 g/mol. The molecule has 0 spiro atoms. The van der Waals surface area contributed by atoms with Gasteiger partial charge in [-0.2, -0.15) is 0 Å². The molecule has 6 heteroatoms. The normalized spacial score (nSPS) is 31.6. The van der Waals surface area contributed by atoms with E-state index in [4.69, 9.17) is 44.3 Å². The van der Waals surface area contributed by atoms with Gasteiger partial charge in [0.05, 0.1) is 11.6 Å². The molecule has 0 aromatic heterocycles. The molecular weight excluding hydrogens is 489 g/mol. The Balaban J connectivity index is 1.32. The predicted molar refractivity (Wildman–Crippen MR) is 140 cm³/mol. The number of halogens is 3. The standard InChI is InChI=1S/C28H34Cl3NO2/c1-4-33-24-8-18(7-23(31)25(24)34-14-20-5-6-21(29)9-22(20)30)13-32-28-12-19-10-26(2,16-28)15-27(3,11-19)17-28/h5-9,19,32H,4,10-17H2,1-3H3. The Morgan fingerprint density at radius 1 is 0.912 bits per heavy atom. The van der Waals surface area contributed by atoms with Crippen LogP contribution in [0.4, 0.5) is 0 Å². The topological polar surface area (TPSA) is 30.5 Å². The van der Waals surface area contributed by atoms with Crippen LogP contribution < -0.4 is 14.8 Å². The maximum absolute atomic E-state index is 6.71. The third-order valence-corrected chi connectivity index (χ3v) is 8.92. The van der Waals surface area contributed by atoms with Crippen molar-refractivity contribution in [3.05, 3.63) is 56.5 Å². The van der Waals surface area contributed by atoms with Gasteiger partial charge in [-0.05, 0) is 92.0 Å². The van der Waals surface area contributed by atoms with Gasteiger partial charge in [0.25, 0.3) is 0 Å². The maximum Gasteiger partial charge on any atom is 0.180 e. The van der Waals surface area contributed by atoms with Gasteiger partial charge in [0.2, 0.25) is 0 Å². The highest BCUT2D eigenvalue weighted by Gasteiger charge is 2.59. The van der Waals surface area contributed by atoms with Gasteiger partial charge in [0.15, 0.2) is 11.5 Å². The van der Waals surface area contributed by atoms with Gasteiger partial charge in [0.1, 0.15) is 6.61 Å². The van der Waals surface area contributed by atoms with Crippen LogP contribution in [-0.4, -0.2) is 12.1 Å². The van der Waals surface area contributed by atoms with Crippen LogP contribution in [0.1, 0.15) is 70.4 Å². The summed E-state index contributed by atoms with van der Waals surface area (Å²) < 4.78 is 12.0. The summed E-state index contributed by atoms with van der Waals surface area (Å²) in [6.45, 7) is 8.59. The largest absolute Gasteiger partial charge is 0.490 e. The minimum atomic E-state index is 0.238. The van der Waals surface area contributed by atoms with Gasteiger partial charge in [-0.25, -0.2) is 0 Å². The summed E-state index contributed by atoms with van der Waals surface area (Å²) in [4.78, 5) is 0. The molecular formula is C28H34Cl3NO2. The Bertz CT molecular complexity index is 1070. The molecule has 0 radical (unpaired) electrons. The van der Waals surface area contributed by atoms with Crippen molar-refractivity contribution in [2.45, 2.75) is 78.0 Å². The molecule has 2 aromatic rings. The van der Waals surface area contributed by atoms with Crippen molar-refractivity contribution >= 4 is 34.8 Å². The Labute approximate surface area is 218 Å². The molecule has 0 saturated heterocycles. The number of hydrogen-bond acceptors (Lipinski definition) is 3. The molecule has 4 saturated carbocycles. The van der Waals surface area contributed by atoms with Crippen LogP contribution >= 0.6 is 34.8 Å². The van der Waals surface area contributed by atoms with E-state index in [0.29, 0.717) is 44.0 Å². The fourth-order valence-corrected chi connectivity index (χ4v) is 8.60. The molecule has 3 nitrogen and oxygen atoms in total. The summed E-state index contributed by atoms with van der Waals surface area (Å²) in [5, 5.41) is 5.72. The van der Waals surface area contributed by atoms with Gasteiger partial charge in [-0.1, -0.05) is 54.7 Å². The second kappa shape index (κ2) is 9.07. The third kappa shape index (κ3) is 4.91. The number of benzene rings is 2. The van der Waals surface area contributed by atoms with Crippen molar-refractivity contribution in [2.75, 3.05) is 6.61 Å². The van der Waals surface area contributed by atoms with Crippen LogP contribution in [-0.2, 0) is 13.2 Å². The van der Waals surface area contributed by atoms with Gasteiger partial charge >= 0.3 is 0 Å². The van der Waals surface area contributed by atoms with E-state index >= 15 is 0 Å². The molecule has 2 aromatic carbocycles. The van der Waals surface area contributed by atoms with Crippen LogP contribution in [0.15, 0.2) is 30.3 Å². The molecule has 34 heavy (non-hydrogen) atoms. The number of hydrogen-bond donors (Lipinski definition) is 1. The average molecular weight is 523 g/mol. The molecule has 4 aliphatic rings. The van der Waals surface area contributed by atoms with E-state index in [1.807, 2.05) is 19.1 Å². The van der Waals surface area contributed by atoms with Crippen LogP contribution in [0.3, 0.4) is 0 Å². The van der Waals surface area contributed by atoms with Crippen LogP contribution in [0.25, 0.3) is 0 Å². The van der Waals surface area contributed by atoms with E-state index in [2.05, 4.69) is 25.2 Å². The van der Waals surface area contributed by atoms with E-state index in [1.54, 1.807) is 12.1 Å². The summed E-state index contributed by atoms with van der Waals surface area (Å²) in [6, 6.07) is 9.44. The molecule has 2 atom stereocenters. The van der Waals surface area contributed by atoms with E-state index < -0.39 is 0 Å². The van der Waals surface area contributed by atoms with E-state index in [0.717, 1.165) is 23.6 Å². The summed E-state index contributed by atoms with van der Waals surface area (Å²) in [5.41, 5.74) is 3.17. The van der Waals surface area contributed by atoms with Crippen molar-refractivity contribution in [3.63, 3.8) is 0 Å². The zero-order valence-electron chi connectivity index (χ0n) is 20.3. The maximum atomic E-state index is 6.71. The molecule has 4 bridgehead atoms. The number of rotatable bonds is 8. The first kappa shape index (κ1) is 24.6. The first-order valence-corrected chi connectivity index (χ1v) is 13.5. The Hall–Kier alpha value is -1.13. The quantitative estimate of drug-likeness (QED) is 0.377. The molecule has 6 rings (SSSR count). The van der Waals surface area contributed by atoms with E-state index in [-0.39, 0.29) is 12.1 Å². The summed E-state index contributed by atoms with van der Waals surface area (Å²) in [7, 11) is 0. The number of ether oxygens (including phenoxy) is 2. The zero-order valence-corrected chi connectivity index (χ0v) is 22.5. The van der Waals surface area contributed by atoms with Crippen LogP contribution in [0.5, 0.6) is 11.5 Å². The fourth-order valence-electron chi connectivity index (χ4n) is 7.85. The van der Waals surface area contributed by atoms with Crippen molar-refractivity contribution in [1.29, 1.82) is 0 Å². The second-order valence-electron chi connectivity index (χ2n) is 11.6. The van der Waals surface area contributed by atoms with Gasteiger partial charge in [0, 0.05) is 27.7 Å². The fraction of sp³-hybridized carbons (Fsp3) is 0.571.